The predicted molar refractivity (Wildman–Crippen MR) is 49.3 cm³/mol. The Kier molecular flexibility index (Phi) is 3.38. The molecule has 0 aromatic carbocycles. The van der Waals surface area contributed by atoms with Crippen LogP contribution in [0.25, 0.3) is 0 Å². The van der Waals surface area contributed by atoms with Crippen LogP contribution in [0.15, 0.2) is 0 Å². The van der Waals surface area contributed by atoms with Gasteiger partial charge in [-0.1, -0.05) is 26.7 Å². The molecule has 11 heavy (non-hydrogen) atoms. The Morgan fingerprint density at radius 3 is 2.36 bits per heavy atom. The van der Waals surface area contributed by atoms with Gasteiger partial charge in [-0.15, -0.1) is 0 Å². The van der Waals surface area contributed by atoms with E-state index in [1.807, 2.05) is 0 Å². The van der Waals surface area contributed by atoms with Crippen LogP contribution in [0, 0.1) is 17.8 Å². The maximum absolute atomic E-state index is 5.73. The molecule has 1 heteroatoms. The molecule has 0 aromatic heterocycles. The summed E-state index contributed by atoms with van der Waals surface area (Å²) >= 11 is 0. The lowest BCUT2D eigenvalue weighted by Gasteiger charge is -2.33. The normalized spacial score (nSPS) is 32.7. The summed E-state index contributed by atoms with van der Waals surface area (Å²) in [6, 6.07) is 0. The van der Waals surface area contributed by atoms with Gasteiger partial charge in [0.2, 0.25) is 0 Å². The van der Waals surface area contributed by atoms with E-state index in [4.69, 9.17) is 5.73 Å². The van der Waals surface area contributed by atoms with E-state index in [0.29, 0.717) is 0 Å². The van der Waals surface area contributed by atoms with Crippen molar-refractivity contribution in [3.63, 3.8) is 0 Å². The summed E-state index contributed by atoms with van der Waals surface area (Å²) in [5, 5.41) is 0. The van der Waals surface area contributed by atoms with Crippen LogP contribution in [0.4, 0.5) is 0 Å². The quantitative estimate of drug-likeness (QED) is 0.651. The van der Waals surface area contributed by atoms with Crippen molar-refractivity contribution in [2.45, 2.75) is 39.5 Å². The van der Waals surface area contributed by atoms with Crippen LogP contribution in [-0.2, 0) is 0 Å². The molecule has 66 valence electrons. The van der Waals surface area contributed by atoms with Gasteiger partial charge in [0.15, 0.2) is 0 Å². The van der Waals surface area contributed by atoms with E-state index in [1.165, 1.54) is 25.7 Å². The minimum absolute atomic E-state index is 0.823. The second-order valence-electron chi connectivity index (χ2n) is 4.19. The third kappa shape index (κ3) is 2.19. The molecule has 0 aromatic rings. The highest BCUT2D eigenvalue weighted by molar-refractivity contribution is 4.77. The first kappa shape index (κ1) is 9.05. The minimum Gasteiger partial charge on any atom is -0.330 e. The van der Waals surface area contributed by atoms with Gasteiger partial charge in [-0.05, 0) is 37.1 Å². The van der Waals surface area contributed by atoms with Crippen molar-refractivity contribution in [1.29, 1.82) is 0 Å². The second kappa shape index (κ2) is 4.10. The summed E-state index contributed by atoms with van der Waals surface area (Å²) in [5.41, 5.74) is 5.73. The third-order valence-electron chi connectivity index (χ3n) is 3.13. The lowest BCUT2D eigenvalue weighted by molar-refractivity contribution is 0.186. The summed E-state index contributed by atoms with van der Waals surface area (Å²) in [6.07, 6.45) is 5.63. The molecule has 2 atom stereocenters. The van der Waals surface area contributed by atoms with E-state index in [-0.39, 0.29) is 0 Å². The summed E-state index contributed by atoms with van der Waals surface area (Å²) in [5.74, 6) is 2.57. The van der Waals surface area contributed by atoms with E-state index in [9.17, 15) is 0 Å². The lowest BCUT2D eigenvalue weighted by atomic mass is 9.74. The van der Waals surface area contributed by atoms with Gasteiger partial charge in [0.1, 0.15) is 0 Å². The lowest BCUT2D eigenvalue weighted by Crippen LogP contribution is -2.29. The predicted octanol–water partition coefficient (Wildman–Crippen LogP) is 2.41. The van der Waals surface area contributed by atoms with Crippen LogP contribution in [0.2, 0.25) is 0 Å². The number of hydrogen-bond acceptors (Lipinski definition) is 1. The number of nitrogens with two attached hydrogens (primary N) is 1. The summed E-state index contributed by atoms with van der Waals surface area (Å²) in [6.45, 7) is 5.57. The van der Waals surface area contributed by atoms with E-state index in [0.717, 1.165) is 24.3 Å². The molecule has 2 unspecified atom stereocenters. The zero-order valence-corrected chi connectivity index (χ0v) is 7.84. The molecule has 0 aliphatic heterocycles. The molecule has 0 amide bonds. The highest BCUT2D eigenvalue weighted by Gasteiger charge is 2.25. The molecule has 1 fully saturated rings. The highest BCUT2D eigenvalue weighted by atomic mass is 14.6. The Balaban J connectivity index is 2.44. The van der Waals surface area contributed by atoms with Crippen molar-refractivity contribution < 1.29 is 0 Å². The minimum atomic E-state index is 0.823. The van der Waals surface area contributed by atoms with Crippen LogP contribution >= 0.6 is 0 Å². The fourth-order valence-electron chi connectivity index (χ4n) is 2.41. The molecule has 0 radical (unpaired) electrons. The highest BCUT2D eigenvalue weighted by Crippen LogP contribution is 2.34. The maximum Gasteiger partial charge on any atom is -0.00461 e. The first-order valence-electron chi connectivity index (χ1n) is 4.95. The average Bonchev–Trinajstić information content (AvgIpc) is 2.04. The monoisotopic (exact) mass is 155 g/mol. The van der Waals surface area contributed by atoms with Crippen LogP contribution in [0.3, 0.4) is 0 Å². The molecule has 1 nitrogen and oxygen atoms in total. The van der Waals surface area contributed by atoms with Crippen molar-refractivity contribution >= 4 is 0 Å². The summed E-state index contributed by atoms with van der Waals surface area (Å²) in [4.78, 5) is 0. The smallest absolute Gasteiger partial charge is 0.00461 e. The van der Waals surface area contributed by atoms with Crippen LogP contribution in [0.5, 0.6) is 0 Å². The Morgan fingerprint density at radius 1 is 1.27 bits per heavy atom. The van der Waals surface area contributed by atoms with Crippen molar-refractivity contribution in [2.75, 3.05) is 6.54 Å². The van der Waals surface area contributed by atoms with Crippen molar-refractivity contribution in [1.82, 2.24) is 0 Å². The largest absolute Gasteiger partial charge is 0.330 e. The summed E-state index contributed by atoms with van der Waals surface area (Å²) < 4.78 is 0. The van der Waals surface area contributed by atoms with Gasteiger partial charge >= 0.3 is 0 Å². The van der Waals surface area contributed by atoms with Gasteiger partial charge in [0.25, 0.3) is 0 Å². The van der Waals surface area contributed by atoms with E-state index < -0.39 is 0 Å². The number of hydrogen-bond donors (Lipinski definition) is 1. The molecule has 0 spiro atoms. The van der Waals surface area contributed by atoms with Gasteiger partial charge in [-0.3, -0.25) is 0 Å². The fraction of sp³-hybridized carbons (Fsp3) is 1.00. The molecule has 2 N–H and O–H groups in total. The summed E-state index contributed by atoms with van der Waals surface area (Å²) in [7, 11) is 0. The van der Waals surface area contributed by atoms with Gasteiger partial charge < -0.3 is 5.73 Å². The Hall–Kier alpha value is -0.0400. The first-order chi connectivity index (χ1) is 5.25. The fourth-order valence-corrected chi connectivity index (χ4v) is 2.41. The molecule has 1 aliphatic rings. The van der Waals surface area contributed by atoms with E-state index in [2.05, 4.69) is 13.8 Å². The molecular formula is C10H21N. The second-order valence-corrected chi connectivity index (χ2v) is 4.19. The van der Waals surface area contributed by atoms with Crippen LogP contribution in [-0.4, -0.2) is 6.54 Å². The van der Waals surface area contributed by atoms with Gasteiger partial charge in [0.05, 0.1) is 0 Å². The Morgan fingerprint density at radius 2 is 1.91 bits per heavy atom. The van der Waals surface area contributed by atoms with Crippen molar-refractivity contribution in [3.05, 3.63) is 0 Å². The number of rotatable bonds is 2. The molecule has 0 bridgehead atoms. The molecule has 0 saturated heterocycles. The molecule has 1 saturated carbocycles. The van der Waals surface area contributed by atoms with Gasteiger partial charge in [0, 0.05) is 0 Å². The Labute approximate surface area is 70.4 Å². The zero-order chi connectivity index (χ0) is 8.27. The van der Waals surface area contributed by atoms with E-state index >= 15 is 0 Å². The molecule has 1 aliphatic carbocycles. The third-order valence-corrected chi connectivity index (χ3v) is 3.13. The topological polar surface area (TPSA) is 26.0 Å². The van der Waals surface area contributed by atoms with Crippen LogP contribution in [0.1, 0.15) is 39.5 Å². The van der Waals surface area contributed by atoms with E-state index in [1.54, 1.807) is 0 Å². The van der Waals surface area contributed by atoms with Crippen molar-refractivity contribution in [2.24, 2.45) is 23.5 Å². The first-order valence-corrected chi connectivity index (χ1v) is 4.95. The Bertz CT molecular complexity index is 109. The zero-order valence-electron chi connectivity index (χ0n) is 7.84. The molecule has 1 rings (SSSR count). The van der Waals surface area contributed by atoms with Crippen molar-refractivity contribution in [3.8, 4) is 0 Å². The standard InChI is InChI=1S/C10H21N/c1-8(2)10-6-4-3-5-9(10)7-11/h8-10H,3-7,11H2,1-2H3. The average molecular weight is 155 g/mol. The van der Waals surface area contributed by atoms with Gasteiger partial charge in [-0.25, -0.2) is 0 Å². The molecule has 0 heterocycles. The van der Waals surface area contributed by atoms with Gasteiger partial charge in [-0.2, -0.15) is 0 Å². The SMILES string of the molecule is CC(C)C1CCCCC1CN. The molecular weight excluding hydrogens is 134 g/mol. The maximum atomic E-state index is 5.73. The van der Waals surface area contributed by atoms with Crippen LogP contribution < -0.4 is 5.73 Å².